The Morgan fingerprint density at radius 1 is 1.36 bits per heavy atom. The maximum atomic E-state index is 12.2. The third-order valence-corrected chi connectivity index (χ3v) is 4.67. The predicted molar refractivity (Wildman–Crippen MR) is 76.7 cm³/mol. The lowest BCUT2D eigenvalue weighted by Crippen LogP contribution is -2.26. The van der Waals surface area contributed by atoms with Crippen LogP contribution in [-0.2, 0) is 27.7 Å². The molecule has 0 atom stereocenters. The van der Waals surface area contributed by atoms with Crippen molar-refractivity contribution in [3.05, 3.63) is 35.5 Å². The molecular formula is C13H14N4O4S. The number of carbonyl (C=O) groups excluding carboxylic acids is 1. The van der Waals surface area contributed by atoms with E-state index in [0.717, 1.165) is 0 Å². The standard InChI is InChI=1S/C13H14N4O4S/c1-8-16-17-13(21-8)4-5-14-22(19,20)10-2-3-11-9(6-10)7-12(18)15-11/h2-3,6,14H,4-5,7H2,1H3,(H,15,18). The fourth-order valence-electron chi connectivity index (χ4n) is 2.19. The van der Waals surface area contributed by atoms with Crippen molar-refractivity contribution in [1.29, 1.82) is 0 Å². The van der Waals surface area contributed by atoms with Crippen LogP contribution in [0.3, 0.4) is 0 Å². The first-order valence-corrected chi connectivity index (χ1v) is 8.14. The van der Waals surface area contributed by atoms with Gasteiger partial charge in [-0.15, -0.1) is 10.2 Å². The van der Waals surface area contributed by atoms with E-state index in [1.165, 1.54) is 12.1 Å². The lowest BCUT2D eigenvalue weighted by molar-refractivity contribution is -0.115. The molecule has 2 aromatic rings. The van der Waals surface area contributed by atoms with Gasteiger partial charge in [-0.2, -0.15) is 0 Å². The summed E-state index contributed by atoms with van der Waals surface area (Å²) in [7, 11) is -3.64. The topological polar surface area (TPSA) is 114 Å². The summed E-state index contributed by atoms with van der Waals surface area (Å²) in [5, 5.41) is 10.1. The van der Waals surface area contributed by atoms with Crippen molar-refractivity contribution in [2.24, 2.45) is 0 Å². The van der Waals surface area contributed by atoms with Crippen LogP contribution in [0, 0.1) is 6.92 Å². The Morgan fingerprint density at radius 3 is 2.91 bits per heavy atom. The van der Waals surface area contributed by atoms with Gasteiger partial charge in [-0.05, 0) is 23.8 Å². The number of amides is 1. The fourth-order valence-corrected chi connectivity index (χ4v) is 3.27. The van der Waals surface area contributed by atoms with E-state index in [4.69, 9.17) is 4.42 Å². The third-order valence-electron chi connectivity index (χ3n) is 3.21. The minimum Gasteiger partial charge on any atom is -0.426 e. The molecule has 1 amide bonds. The molecule has 0 radical (unpaired) electrons. The van der Waals surface area contributed by atoms with Crippen molar-refractivity contribution >= 4 is 21.6 Å². The van der Waals surface area contributed by atoms with Gasteiger partial charge in [0.15, 0.2) is 0 Å². The lowest BCUT2D eigenvalue weighted by Gasteiger charge is -2.07. The minimum atomic E-state index is -3.64. The Kier molecular flexibility index (Phi) is 3.67. The molecule has 1 aliphatic rings. The van der Waals surface area contributed by atoms with Gasteiger partial charge < -0.3 is 9.73 Å². The fraction of sp³-hybridized carbons (Fsp3) is 0.308. The number of hydrogen-bond acceptors (Lipinski definition) is 6. The number of fused-ring (bicyclic) bond motifs is 1. The number of rotatable bonds is 5. The summed E-state index contributed by atoms with van der Waals surface area (Å²) in [5.41, 5.74) is 1.34. The van der Waals surface area contributed by atoms with Crippen LogP contribution in [0.15, 0.2) is 27.5 Å². The van der Waals surface area contributed by atoms with Gasteiger partial charge in [-0.25, -0.2) is 13.1 Å². The highest BCUT2D eigenvalue weighted by atomic mass is 32.2. The number of aromatic nitrogens is 2. The highest BCUT2D eigenvalue weighted by Gasteiger charge is 2.21. The molecule has 3 rings (SSSR count). The first-order chi connectivity index (χ1) is 10.4. The molecule has 8 nitrogen and oxygen atoms in total. The molecule has 0 saturated carbocycles. The first-order valence-electron chi connectivity index (χ1n) is 6.65. The summed E-state index contributed by atoms with van der Waals surface area (Å²) in [6.45, 7) is 1.82. The van der Waals surface area contributed by atoms with E-state index >= 15 is 0 Å². The number of benzene rings is 1. The van der Waals surface area contributed by atoms with Crippen LogP contribution in [0.1, 0.15) is 17.3 Å². The smallest absolute Gasteiger partial charge is 0.240 e. The molecule has 0 fully saturated rings. The second-order valence-corrected chi connectivity index (χ2v) is 6.67. The Hall–Kier alpha value is -2.26. The first kappa shape index (κ1) is 14.7. The van der Waals surface area contributed by atoms with Crippen LogP contribution in [0.4, 0.5) is 5.69 Å². The van der Waals surface area contributed by atoms with Gasteiger partial charge in [-0.3, -0.25) is 4.79 Å². The number of carbonyl (C=O) groups is 1. The van der Waals surface area contributed by atoms with Crippen molar-refractivity contribution in [3.63, 3.8) is 0 Å². The molecule has 1 aliphatic heterocycles. The normalized spacial score (nSPS) is 14.0. The molecule has 2 N–H and O–H groups in total. The van der Waals surface area contributed by atoms with Gasteiger partial charge in [-0.1, -0.05) is 0 Å². The average Bonchev–Trinajstić information content (AvgIpc) is 3.02. The zero-order chi connectivity index (χ0) is 15.7. The Morgan fingerprint density at radius 2 is 2.18 bits per heavy atom. The summed E-state index contributed by atoms with van der Waals surface area (Å²) in [5.74, 6) is 0.682. The number of aryl methyl sites for hydroxylation is 1. The molecule has 1 aromatic heterocycles. The molecule has 0 unspecified atom stereocenters. The van der Waals surface area contributed by atoms with E-state index in [-0.39, 0.29) is 23.8 Å². The molecule has 1 aromatic carbocycles. The zero-order valence-electron chi connectivity index (χ0n) is 11.8. The van der Waals surface area contributed by atoms with E-state index < -0.39 is 10.0 Å². The van der Waals surface area contributed by atoms with Gasteiger partial charge >= 0.3 is 0 Å². The van der Waals surface area contributed by atoms with Gasteiger partial charge in [0.2, 0.25) is 27.7 Å². The van der Waals surface area contributed by atoms with Crippen molar-refractivity contribution in [1.82, 2.24) is 14.9 Å². The van der Waals surface area contributed by atoms with E-state index in [9.17, 15) is 13.2 Å². The van der Waals surface area contributed by atoms with Crippen molar-refractivity contribution < 1.29 is 17.6 Å². The summed E-state index contributed by atoms with van der Waals surface area (Å²) in [6, 6.07) is 4.56. The minimum absolute atomic E-state index is 0.129. The van der Waals surface area contributed by atoms with Crippen molar-refractivity contribution in [3.8, 4) is 0 Å². The largest absolute Gasteiger partial charge is 0.426 e. The third kappa shape index (κ3) is 3.00. The Balaban J connectivity index is 1.68. The number of anilines is 1. The van der Waals surface area contributed by atoms with Crippen molar-refractivity contribution in [2.45, 2.75) is 24.7 Å². The van der Waals surface area contributed by atoms with Gasteiger partial charge in [0.1, 0.15) is 0 Å². The van der Waals surface area contributed by atoms with Crippen LogP contribution in [0.25, 0.3) is 0 Å². The van der Waals surface area contributed by atoms with E-state index in [1.807, 2.05) is 0 Å². The van der Waals surface area contributed by atoms with Crippen LogP contribution >= 0.6 is 0 Å². The maximum absolute atomic E-state index is 12.2. The summed E-state index contributed by atoms with van der Waals surface area (Å²) in [6.07, 6.45) is 0.505. The second-order valence-electron chi connectivity index (χ2n) is 4.91. The zero-order valence-corrected chi connectivity index (χ0v) is 12.6. The van der Waals surface area contributed by atoms with Crippen LogP contribution in [0.2, 0.25) is 0 Å². The van der Waals surface area contributed by atoms with Gasteiger partial charge in [0, 0.05) is 25.6 Å². The van der Waals surface area contributed by atoms with Crippen LogP contribution in [-0.4, -0.2) is 31.1 Å². The highest BCUT2D eigenvalue weighted by molar-refractivity contribution is 7.89. The predicted octanol–water partition coefficient (Wildman–Crippen LogP) is 0.394. The molecule has 0 spiro atoms. The van der Waals surface area contributed by atoms with Crippen LogP contribution < -0.4 is 10.0 Å². The molecule has 116 valence electrons. The molecule has 9 heteroatoms. The molecule has 22 heavy (non-hydrogen) atoms. The molecule has 0 bridgehead atoms. The second kappa shape index (κ2) is 5.50. The average molecular weight is 322 g/mol. The number of hydrogen-bond donors (Lipinski definition) is 2. The van der Waals surface area contributed by atoms with E-state index in [2.05, 4.69) is 20.2 Å². The maximum Gasteiger partial charge on any atom is 0.240 e. The molecule has 2 heterocycles. The number of sulfonamides is 1. The van der Waals surface area contributed by atoms with Gasteiger partial charge in [0.05, 0.1) is 11.3 Å². The lowest BCUT2D eigenvalue weighted by atomic mass is 10.2. The molecule has 0 aliphatic carbocycles. The van der Waals surface area contributed by atoms with Crippen LogP contribution in [0.5, 0.6) is 0 Å². The van der Waals surface area contributed by atoms with Crippen molar-refractivity contribution in [2.75, 3.05) is 11.9 Å². The van der Waals surface area contributed by atoms with E-state index in [0.29, 0.717) is 29.5 Å². The molecule has 0 saturated heterocycles. The summed E-state index contributed by atoms with van der Waals surface area (Å²) >= 11 is 0. The number of nitrogens with zero attached hydrogens (tertiary/aromatic N) is 2. The molecular weight excluding hydrogens is 308 g/mol. The highest BCUT2D eigenvalue weighted by Crippen LogP contribution is 2.25. The quantitative estimate of drug-likeness (QED) is 0.823. The number of nitrogens with one attached hydrogen (secondary N) is 2. The van der Waals surface area contributed by atoms with Gasteiger partial charge in [0.25, 0.3) is 0 Å². The summed E-state index contributed by atoms with van der Waals surface area (Å²) < 4.78 is 32.1. The van der Waals surface area contributed by atoms with E-state index in [1.54, 1.807) is 13.0 Å². The Labute approximate surface area is 127 Å². The summed E-state index contributed by atoms with van der Waals surface area (Å²) in [4.78, 5) is 11.4. The SMILES string of the molecule is Cc1nnc(CCNS(=O)(=O)c2ccc3c(c2)CC(=O)N3)o1. The Bertz CT molecular complexity index is 828. The monoisotopic (exact) mass is 322 g/mol.